The Morgan fingerprint density at radius 3 is 2.43 bits per heavy atom. The van der Waals surface area contributed by atoms with Gasteiger partial charge in [-0.25, -0.2) is 0 Å². The first kappa shape index (κ1) is 17.6. The zero-order valence-corrected chi connectivity index (χ0v) is 13.3. The molecule has 0 spiro atoms. The van der Waals surface area contributed by atoms with E-state index in [0.29, 0.717) is 25.4 Å². The standard InChI is InChI=1S/C16H21F3N2O2/c1-12(22)21-10-9-20(8-7-16(17,18)19)15(11-21)13-3-5-14(23-2)6-4-13/h3-6,15H,7-11H2,1-2H3/t15-/m0/s1. The molecule has 0 aliphatic carbocycles. The van der Waals surface area contributed by atoms with E-state index in [0.717, 1.165) is 5.56 Å². The molecule has 23 heavy (non-hydrogen) atoms. The first-order valence-corrected chi connectivity index (χ1v) is 7.50. The van der Waals surface area contributed by atoms with E-state index in [1.54, 1.807) is 29.0 Å². The smallest absolute Gasteiger partial charge is 0.390 e. The number of carbonyl (C=O) groups is 1. The van der Waals surface area contributed by atoms with Gasteiger partial charge in [-0.1, -0.05) is 12.1 Å². The molecule has 0 unspecified atom stereocenters. The predicted octanol–water partition coefficient (Wildman–Crippen LogP) is 2.85. The van der Waals surface area contributed by atoms with Gasteiger partial charge in [0.1, 0.15) is 5.75 Å². The van der Waals surface area contributed by atoms with E-state index in [-0.39, 0.29) is 18.5 Å². The third-order valence-corrected chi connectivity index (χ3v) is 4.12. The Labute approximate surface area is 133 Å². The second-order valence-corrected chi connectivity index (χ2v) is 5.66. The summed E-state index contributed by atoms with van der Waals surface area (Å²) in [4.78, 5) is 15.1. The zero-order chi connectivity index (χ0) is 17.0. The maximum Gasteiger partial charge on any atom is 0.390 e. The number of nitrogens with zero attached hydrogens (tertiary/aromatic N) is 2. The maximum atomic E-state index is 12.5. The van der Waals surface area contributed by atoms with Gasteiger partial charge in [-0.2, -0.15) is 13.2 Å². The van der Waals surface area contributed by atoms with Gasteiger partial charge in [-0.15, -0.1) is 0 Å². The van der Waals surface area contributed by atoms with Crippen molar-refractivity contribution in [3.63, 3.8) is 0 Å². The van der Waals surface area contributed by atoms with Crippen LogP contribution in [-0.2, 0) is 4.79 Å². The van der Waals surface area contributed by atoms with Crippen molar-refractivity contribution in [3.05, 3.63) is 29.8 Å². The summed E-state index contributed by atoms with van der Waals surface area (Å²) in [5.74, 6) is 0.633. The van der Waals surface area contributed by atoms with Crippen LogP contribution in [0, 0.1) is 0 Å². The Morgan fingerprint density at radius 2 is 1.91 bits per heavy atom. The fourth-order valence-electron chi connectivity index (χ4n) is 2.79. The monoisotopic (exact) mass is 330 g/mol. The highest BCUT2D eigenvalue weighted by atomic mass is 19.4. The molecule has 128 valence electrons. The average molecular weight is 330 g/mol. The summed E-state index contributed by atoms with van der Waals surface area (Å²) in [6.45, 7) is 2.72. The molecular weight excluding hydrogens is 309 g/mol. The van der Waals surface area contributed by atoms with Crippen LogP contribution in [0.4, 0.5) is 13.2 Å². The van der Waals surface area contributed by atoms with Gasteiger partial charge in [-0.3, -0.25) is 9.69 Å². The van der Waals surface area contributed by atoms with Crippen LogP contribution in [0.25, 0.3) is 0 Å². The number of halogens is 3. The summed E-state index contributed by atoms with van der Waals surface area (Å²) >= 11 is 0. The largest absolute Gasteiger partial charge is 0.497 e. The van der Waals surface area contributed by atoms with Crippen molar-refractivity contribution >= 4 is 5.91 Å². The molecule has 0 bridgehead atoms. The second-order valence-electron chi connectivity index (χ2n) is 5.66. The van der Waals surface area contributed by atoms with Crippen LogP contribution < -0.4 is 4.74 Å². The SMILES string of the molecule is COc1ccc([C@@H]2CN(C(C)=O)CCN2CCC(F)(F)F)cc1. The lowest BCUT2D eigenvalue weighted by molar-refractivity contribution is -0.143. The number of methoxy groups -OCH3 is 1. The van der Waals surface area contributed by atoms with Crippen molar-refractivity contribution in [1.82, 2.24) is 9.80 Å². The lowest BCUT2D eigenvalue weighted by Crippen LogP contribution is -2.50. The maximum absolute atomic E-state index is 12.5. The Balaban J connectivity index is 2.16. The first-order chi connectivity index (χ1) is 10.8. The molecule has 7 heteroatoms. The fourth-order valence-corrected chi connectivity index (χ4v) is 2.79. The molecule has 4 nitrogen and oxygen atoms in total. The van der Waals surface area contributed by atoms with E-state index in [1.165, 1.54) is 6.92 Å². The van der Waals surface area contributed by atoms with E-state index in [2.05, 4.69) is 0 Å². The third kappa shape index (κ3) is 4.86. The molecule has 0 saturated carbocycles. The van der Waals surface area contributed by atoms with Crippen molar-refractivity contribution in [2.45, 2.75) is 25.6 Å². The third-order valence-electron chi connectivity index (χ3n) is 4.12. The van der Waals surface area contributed by atoms with Crippen LogP contribution in [-0.4, -0.2) is 55.2 Å². The molecule has 1 aromatic rings. The number of hydrogen-bond acceptors (Lipinski definition) is 3. The van der Waals surface area contributed by atoms with Gasteiger partial charge in [0.05, 0.1) is 19.6 Å². The van der Waals surface area contributed by atoms with E-state index in [9.17, 15) is 18.0 Å². The van der Waals surface area contributed by atoms with Gasteiger partial charge < -0.3 is 9.64 Å². The number of amides is 1. The lowest BCUT2D eigenvalue weighted by atomic mass is 10.0. The topological polar surface area (TPSA) is 32.8 Å². The highest BCUT2D eigenvalue weighted by molar-refractivity contribution is 5.73. The molecule has 1 amide bonds. The summed E-state index contributed by atoms with van der Waals surface area (Å²) in [5.41, 5.74) is 0.888. The number of benzene rings is 1. The quantitative estimate of drug-likeness (QED) is 0.851. The summed E-state index contributed by atoms with van der Waals surface area (Å²) in [6.07, 6.45) is -5.03. The Hall–Kier alpha value is -1.76. The molecule has 1 atom stereocenters. The zero-order valence-electron chi connectivity index (χ0n) is 13.3. The average Bonchev–Trinajstić information content (AvgIpc) is 2.52. The van der Waals surface area contributed by atoms with Crippen molar-refractivity contribution in [1.29, 1.82) is 0 Å². The van der Waals surface area contributed by atoms with Gasteiger partial charge in [0.15, 0.2) is 0 Å². The molecule has 1 aromatic carbocycles. The van der Waals surface area contributed by atoms with Crippen LogP contribution in [0.3, 0.4) is 0 Å². The summed E-state index contributed by atoms with van der Waals surface area (Å²) in [5, 5.41) is 0. The van der Waals surface area contributed by atoms with E-state index in [4.69, 9.17) is 4.74 Å². The molecule has 1 aliphatic heterocycles. The van der Waals surface area contributed by atoms with Gasteiger partial charge in [0.2, 0.25) is 5.91 Å². The Morgan fingerprint density at radius 1 is 1.26 bits per heavy atom. The molecule has 0 aromatic heterocycles. The van der Waals surface area contributed by atoms with Gasteiger partial charge in [0, 0.05) is 33.1 Å². The minimum Gasteiger partial charge on any atom is -0.497 e. The molecule has 1 aliphatic rings. The van der Waals surface area contributed by atoms with E-state index in [1.807, 2.05) is 12.1 Å². The molecule has 1 fully saturated rings. The van der Waals surface area contributed by atoms with Gasteiger partial charge >= 0.3 is 6.18 Å². The van der Waals surface area contributed by atoms with Crippen LogP contribution in [0.2, 0.25) is 0 Å². The summed E-state index contributed by atoms with van der Waals surface area (Å²) in [7, 11) is 1.56. The van der Waals surface area contributed by atoms with Crippen LogP contribution in [0.5, 0.6) is 5.75 Å². The van der Waals surface area contributed by atoms with Crippen LogP contribution in [0.1, 0.15) is 24.9 Å². The molecule has 1 saturated heterocycles. The fraction of sp³-hybridized carbons (Fsp3) is 0.562. The Kier molecular flexibility index (Phi) is 5.51. The van der Waals surface area contributed by atoms with Crippen molar-refractivity contribution in [3.8, 4) is 5.75 Å². The Bertz CT molecular complexity index is 531. The van der Waals surface area contributed by atoms with E-state index < -0.39 is 12.6 Å². The number of carbonyl (C=O) groups excluding carboxylic acids is 1. The molecular formula is C16H21F3N2O2. The summed E-state index contributed by atoms with van der Waals surface area (Å²) in [6, 6.07) is 7.01. The number of piperazine rings is 1. The van der Waals surface area contributed by atoms with E-state index >= 15 is 0 Å². The minimum absolute atomic E-state index is 0.0565. The summed E-state index contributed by atoms with van der Waals surface area (Å²) < 4.78 is 42.7. The number of ether oxygens (including phenoxy) is 1. The van der Waals surface area contributed by atoms with Gasteiger partial charge in [-0.05, 0) is 17.7 Å². The normalized spacial score (nSPS) is 19.7. The van der Waals surface area contributed by atoms with Crippen molar-refractivity contribution in [2.24, 2.45) is 0 Å². The number of alkyl halides is 3. The minimum atomic E-state index is -4.18. The molecule has 1 heterocycles. The lowest BCUT2D eigenvalue weighted by Gasteiger charge is -2.41. The number of hydrogen-bond donors (Lipinski definition) is 0. The molecule has 2 rings (SSSR count). The highest BCUT2D eigenvalue weighted by Gasteiger charge is 2.33. The van der Waals surface area contributed by atoms with Gasteiger partial charge in [0.25, 0.3) is 0 Å². The second kappa shape index (κ2) is 7.21. The van der Waals surface area contributed by atoms with Crippen LogP contribution in [0.15, 0.2) is 24.3 Å². The molecule has 0 N–H and O–H groups in total. The van der Waals surface area contributed by atoms with Crippen LogP contribution >= 0.6 is 0 Å². The predicted molar refractivity (Wildman–Crippen MR) is 80.2 cm³/mol. The highest BCUT2D eigenvalue weighted by Crippen LogP contribution is 2.29. The van der Waals surface area contributed by atoms with Crippen molar-refractivity contribution < 1.29 is 22.7 Å². The van der Waals surface area contributed by atoms with Crippen molar-refractivity contribution in [2.75, 3.05) is 33.3 Å². The number of rotatable bonds is 4. The first-order valence-electron chi connectivity index (χ1n) is 7.50. The molecule has 0 radical (unpaired) electrons.